The van der Waals surface area contributed by atoms with Gasteiger partial charge < -0.3 is 5.73 Å². The van der Waals surface area contributed by atoms with Gasteiger partial charge in [-0.1, -0.05) is 12.1 Å². The second kappa shape index (κ2) is 4.47. The van der Waals surface area contributed by atoms with Crippen LogP contribution < -0.4 is 11.2 Å². The highest BCUT2D eigenvalue weighted by Gasteiger charge is 1.99. The first-order valence-electron chi connectivity index (χ1n) is 3.99. The Bertz CT molecular complexity index is 282. The molecule has 70 valence electrons. The van der Waals surface area contributed by atoms with Gasteiger partial charge >= 0.3 is 0 Å². The minimum Gasteiger partial charge on any atom is -0.399 e. The van der Waals surface area contributed by atoms with Crippen molar-refractivity contribution < 1.29 is 10.0 Å². The van der Waals surface area contributed by atoms with Crippen molar-refractivity contribution in [2.75, 3.05) is 5.73 Å². The van der Waals surface area contributed by atoms with Crippen molar-refractivity contribution >= 4 is 11.6 Å². The third-order valence-corrected chi connectivity index (χ3v) is 1.75. The predicted molar refractivity (Wildman–Crippen MR) is 49.1 cm³/mol. The number of hydroxylamine groups is 1. The molecule has 0 aliphatic heterocycles. The molecule has 0 aliphatic rings. The van der Waals surface area contributed by atoms with E-state index >= 15 is 0 Å². The molecule has 0 saturated carbocycles. The first kappa shape index (κ1) is 9.54. The number of hydrogen-bond donors (Lipinski definition) is 3. The molecule has 4 nitrogen and oxygen atoms in total. The molecule has 0 saturated heterocycles. The number of benzene rings is 1. The number of rotatable bonds is 3. The monoisotopic (exact) mass is 180 g/mol. The summed E-state index contributed by atoms with van der Waals surface area (Å²) in [4.78, 5) is 10.7. The van der Waals surface area contributed by atoms with Crippen molar-refractivity contribution in [3.8, 4) is 0 Å². The number of nitrogens with one attached hydrogen (secondary N) is 1. The fourth-order valence-corrected chi connectivity index (χ4v) is 0.998. The third-order valence-electron chi connectivity index (χ3n) is 1.75. The quantitative estimate of drug-likeness (QED) is 0.364. The van der Waals surface area contributed by atoms with Crippen LogP contribution in [0.4, 0.5) is 5.69 Å². The van der Waals surface area contributed by atoms with Crippen LogP contribution in [0.2, 0.25) is 0 Å². The lowest BCUT2D eigenvalue weighted by molar-refractivity contribution is -0.129. The van der Waals surface area contributed by atoms with Crippen LogP contribution in [0.1, 0.15) is 12.0 Å². The summed E-state index contributed by atoms with van der Waals surface area (Å²) in [5.41, 5.74) is 8.80. The predicted octanol–water partition coefficient (Wildman–Crippen LogP) is 0.707. The summed E-state index contributed by atoms with van der Waals surface area (Å²) in [6.07, 6.45) is 0.882. The average Bonchev–Trinajstić information content (AvgIpc) is 2.16. The van der Waals surface area contributed by atoms with Crippen LogP contribution in [0.25, 0.3) is 0 Å². The molecule has 0 spiro atoms. The molecule has 4 N–H and O–H groups in total. The molecule has 1 aromatic rings. The Kier molecular flexibility index (Phi) is 3.28. The molecule has 1 rings (SSSR count). The van der Waals surface area contributed by atoms with E-state index < -0.39 is 0 Å². The number of hydrogen-bond acceptors (Lipinski definition) is 3. The molecule has 0 aromatic heterocycles. The van der Waals surface area contributed by atoms with Crippen molar-refractivity contribution in [1.29, 1.82) is 0 Å². The molecule has 0 bridgehead atoms. The van der Waals surface area contributed by atoms with E-state index in [4.69, 9.17) is 10.9 Å². The van der Waals surface area contributed by atoms with Gasteiger partial charge in [-0.25, -0.2) is 5.48 Å². The molecule has 0 heterocycles. The lowest BCUT2D eigenvalue weighted by Gasteiger charge is -2.00. The van der Waals surface area contributed by atoms with Gasteiger partial charge in [0.2, 0.25) is 5.91 Å². The first-order valence-corrected chi connectivity index (χ1v) is 3.99. The van der Waals surface area contributed by atoms with Crippen LogP contribution in [0.3, 0.4) is 0 Å². The Labute approximate surface area is 76.3 Å². The van der Waals surface area contributed by atoms with Crippen molar-refractivity contribution in [2.45, 2.75) is 12.8 Å². The second-order valence-corrected chi connectivity index (χ2v) is 2.78. The number of anilines is 1. The van der Waals surface area contributed by atoms with Crippen LogP contribution in [-0.4, -0.2) is 11.1 Å². The number of amides is 1. The maximum absolute atomic E-state index is 10.7. The highest BCUT2D eigenvalue weighted by atomic mass is 16.5. The molecule has 1 aromatic carbocycles. The van der Waals surface area contributed by atoms with E-state index in [0.717, 1.165) is 5.56 Å². The summed E-state index contributed by atoms with van der Waals surface area (Å²) in [5, 5.41) is 8.24. The average molecular weight is 180 g/mol. The van der Waals surface area contributed by atoms with Crippen molar-refractivity contribution in [2.24, 2.45) is 0 Å². The summed E-state index contributed by atoms with van der Waals surface area (Å²) >= 11 is 0. The number of carbonyl (C=O) groups excluding carboxylic acids is 1. The van der Waals surface area contributed by atoms with Crippen LogP contribution in [-0.2, 0) is 11.2 Å². The second-order valence-electron chi connectivity index (χ2n) is 2.78. The summed E-state index contributed by atoms with van der Waals surface area (Å²) in [6, 6.07) is 7.29. The molecule has 0 aliphatic carbocycles. The van der Waals surface area contributed by atoms with E-state index in [1.54, 1.807) is 17.6 Å². The number of aryl methyl sites for hydroxylation is 1. The molecule has 13 heavy (non-hydrogen) atoms. The molecule has 0 radical (unpaired) electrons. The van der Waals surface area contributed by atoms with Gasteiger partial charge in [-0.3, -0.25) is 10.0 Å². The Morgan fingerprint density at radius 1 is 1.38 bits per heavy atom. The van der Waals surface area contributed by atoms with Gasteiger partial charge in [0.25, 0.3) is 0 Å². The van der Waals surface area contributed by atoms with E-state index in [2.05, 4.69) is 0 Å². The lowest BCUT2D eigenvalue weighted by Crippen LogP contribution is -2.18. The minimum atomic E-state index is -0.378. The fraction of sp³-hybridized carbons (Fsp3) is 0.222. The summed E-state index contributed by atoms with van der Waals surface area (Å²) in [5.74, 6) is -0.378. The maximum atomic E-state index is 10.7. The fourth-order valence-electron chi connectivity index (χ4n) is 0.998. The molecule has 0 atom stereocenters. The lowest BCUT2D eigenvalue weighted by atomic mass is 10.1. The highest BCUT2D eigenvalue weighted by molar-refractivity contribution is 5.74. The van der Waals surface area contributed by atoms with E-state index in [1.165, 1.54) is 0 Å². The van der Waals surface area contributed by atoms with E-state index in [9.17, 15) is 4.79 Å². The topological polar surface area (TPSA) is 75.4 Å². The van der Waals surface area contributed by atoms with Gasteiger partial charge in [-0.05, 0) is 24.1 Å². The maximum Gasteiger partial charge on any atom is 0.243 e. The Morgan fingerprint density at radius 2 is 2.00 bits per heavy atom. The number of nitrogens with two attached hydrogens (primary N) is 1. The van der Waals surface area contributed by atoms with Gasteiger partial charge in [0, 0.05) is 12.1 Å². The zero-order chi connectivity index (χ0) is 9.68. The van der Waals surface area contributed by atoms with E-state index in [-0.39, 0.29) is 12.3 Å². The zero-order valence-corrected chi connectivity index (χ0v) is 7.16. The standard InChI is InChI=1S/C9H12N2O2/c10-8-4-1-7(2-5-8)3-6-9(12)11-13/h1-2,4-5,13H,3,6,10H2,(H,11,12). The third kappa shape index (κ3) is 3.13. The zero-order valence-electron chi connectivity index (χ0n) is 7.16. The number of carbonyl (C=O) groups is 1. The van der Waals surface area contributed by atoms with Crippen LogP contribution >= 0.6 is 0 Å². The van der Waals surface area contributed by atoms with Gasteiger partial charge in [0.05, 0.1) is 0 Å². The van der Waals surface area contributed by atoms with Gasteiger partial charge in [-0.2, -0.15) is 0 Å². The van der Waals surface area contributed by atoms with Crippen molar-refractivity contribution in [3.63, 3.8) is 0 Å². The van der Waals surface area contributed by atoms with Gasteiger partial charge in [-0.15, -0.1) is 0 Å². The van der Waals surface area contributed by atoms with E-state index in [1.807, 2.05) is 12.1 Å². The van der Waals surface area contributed by atoms with Crippen LogP contribution in [0, 0.1) is 0 Å². The van der Waals surface area contributed by atoms with Gasteiger partial charge in [0.1, 0.15) is 0 Å². The molecular formula is C9H12N2O2. The molecular weight excluding hydrogens is 168 g/mol. The SMILES string of the molecule is Nc1ccc(CCC(=O)NO)cc1. The van der Waals surface area contributed by atoms with Crippen molar-refractivity contribution in [3.05, 3.63) is 29.8 Å². The smallest absolute Gasteiger partial charge is 0.243 e. The minimum absolute atomic E-state index is 0.278. The Balaban J connectivity index is 2.46. The first-order chi connectivity index (χ1) is 6.22. The van der Waals surface area contributed by atoms with E-state index in [0.29, 0.717) is 12.1 Å². The normalized spacial score (nSPS) is 9.62. The van der Waals surface area contributed by atoms with Crippen LogP contribution in [0.15, 0.2) is 24.3 Å². The van der Waals surface area contributed by atoms with Crippen molar-refractivity contribution in [1.82, 2.24) is 5.48 Å². The Morgan fingerprint density at radius 3 is 2.54 bits per heavy atom. The summed E-state index contributed by atoms with van der Waals surface area (Å²) in [7, 11) is 0. The van der Waals surface area contributed by atoms with Crippen LogP contribution in [0.5, 0.6) is 0 Å². The largest absolute Gasteiger partial charge is 0.399 e. The molecule has 4 heteroatoms. The number of nitrogen functional groups attached to an aromatic ring is 1. The van der Waals surface area contributed by atoms with Gasteiger partial charge in [0.15, 0.2) is 0 Å². The Hall–Kier alpha value is -1.55. The molecule has 1 amide bonds. The highest BCUT2D eigenvalue weighted by Crippen LogP contribution is 2.07. The molecule has 0 unspecified atom stereocenters. The summed E-state index contributed by atoms with van der Waals surface area (Å²) < 4.78 is 0. The molecule has 0 fully saturated rings. The summed E-state index contributed by atoms with van der Waals surface area (Å²) in [6.45, 7) is 0.